The van der Waals surface area contributed by atoms with E-state index in [-0.39, 0.29) is 43.3 Å². The molecule has 2 amide bonds. The molecule has 2 aromatic rings. The molecule has 2 aromatic carbocycles. The molecular formula is C30H40N2O6. The van der Waals surface area contributed by atoms with Crippen molar-refractivity contribution in [1.82, 2.24) is 10.6 Å². The number of hydrogen-bond donors (Lipinski definition) is 3. The third-order valence-corrected chi connectivity index (χ3v) is 6.61. The van der Waals surface area contributed by atoms with Crippen molar-refractivity contribution in [2.75, 3.05) is 6.61 Å². The summed E-state index contributed by atoms with van der Waals surface area (Å²) in [6.07, 6.45) is 1.27. The Bertz CT molecular complexity index is 1050. The summed E-state index contributed by atoms with van der Waals surface area (Å²) in [5.41, 5.74) is 3.19. The molecular weight excluding hydrogens is 484 g/mol. The van der Waals surface area contributed by atoms with E-state index in [1.54, 1.807) is 20.8 Å². The largest absolute Gasteiger partial charge is 0.480 e. The van der Waals surface area contributed by atoms with E-state index in [0.29, 0.717) is 19.3 Å². The van der Waals surface area contributed by atoms with Crippen LogP contribution in [-0.2, 0) is 30.3 Å². The zero-order chi connectivity index (χ0) is 28.1. The summed E-state index contributed by atoms with van der Waals surface area (Å²) in [7, 11) is 0. The van der Waals surface area contributed by atoms with Crippen molar-refractivity contribution in [3.05, 3.63) is 60.2 Å². The molecule has 0 aliphatic heterocycles. The van der Waals surface area contributed by atoms with Gasteiger partial charge < -0.3 is 20.5 Å². The minimum absolute atomic E-state index is 0.0874. The molecule has 38 heavy (non-hydrogen) atoms. The molecule has 0 radical (unpaired) electrons. The summed E-state index contributed by atoms with van der Waals surface area (Å²) in [6.45, 7) is 7.41. The fraction of sp³-hybridized carbons (Fsp3) is 0.467. The molecule has 0 heterocycles. The summed E-state index contributed by atoms with van der Waals surface area (Å²) in [4.78, 5) is 48.8. The molecule has 0 aliphatic rings. The Labute approximate surface area is 225 Å². The lowest BCUT2D eigenvalue weighted by molar-refractivity contribution is -0.148. The van der Waals surface area contributed by atoms with E-state index >= 15 is 0 Å². The molecule has 8 nitrogen and oxygen atoms in total. The first-order chi connectivity index (χ1) is 18.1. The first-order valence-electron chi connectivity index (χ1n) is 13.3. The Morgan fingerprint density at radius 2 is 1.42 bits per heavy atom. The van der Waals surface area contributed by atoms with Crippen molar-refractivity contribution < 1.29 is 29.0 Å². The molecule has 8 heteroatoms. The number of rotatable bonds is 15. The number of nitrogens with one attached hydrogen (secondary N) is 2. The van der Waals surface area contributed by atoms with E-state index in [0.717, 1.165) is 16.7 Å². The van der Waals surface area contributed by atoms with Gasteiger partial charge in [0, 0.05) is 18.9 Å². The van der Waals surface area contributed by atoms with E-state index in [1.807, 2.05) is 61.5 Å². The average Bonchev–Trinajstić information content (AvgIpc) is 2.91. The Morgan fingerprint density at radius 3 is 1.97 bits per heavy atom. The average molecular weight is 525 g/mol. The summed E-state index contributed by atoms with van der Waals surface area (Å²) in [5, 5.41) is 14.9. The minimum Gasteiger partial charge on any atom is -0.480 e. The normalized spacial score (nSPS) is 14.0. The number of esters is 1. The second-order valence-corrected chi connectivity index (χ2v) is 9.69. The van der Waals surface area contributed by atoms with Crippen LogP contribution in [0.25, 0.3) is 11.1 Å². The summed E-state index contributed by atoms with van der Waals surface area (Å²) in [6, 6.07) is 16.7. The van der Waals surface area contributed by atoms with Gasteiger partial charge in [-0.05, 0) is 42.4 Å². The van der Waals surface area contributed by atoms with Gasteiger partial charge in [0.2, 0.25) is 11.8 Å². The van der Waals surface area contributed by atoms with Gasteiger partial charge in [-0.25, -0.2) is 4.79 Å². The van der Waals surface area contributed by atoms with Gasteiger partial charge in [0.1, 0.15) is 6.04 Å². The maximum Gasteiger partial charge on any atom is 0.326 e. The van der Waals surface area contributed by atoms with Crippen LogP contribution >= 0.6 is 0 Å². The van der Waals surface area contributed by atoms with Crippen molar-refractivity contribution in [3.8, 4) is 11.1 Å². The second-order valence-electron chi connectivity index (χ2n) is 9.69. The second kappa shape index (κ2) is 15.5. The van der Waals surface area contributed by atoms with Crippen LogP contribution in [0.3, 0.4) is 0 Å². The third-order valence-electron chi connectivity index (χ3n) is 6.61. The minimum atomic E-state index is -1.09. The lowest BCUT2D eigenvalue weighted by Crippen LogP contribution is -2.45. The molecule has 206 valence electrons. The molecule has 0 unspecified atom stereocenters. The summed E-state index contributed by atoms with van der Waals surface area (Å²) in [5.74, 6) is -2.89. The predicted octanol–water partition coefficient (Wildman–Crippen LogP) is 4.37. The van der Waals surface area contributed by atoms with Gasteiger partial charge >= 0.3 is 11.9 Å². The van der Waals surface area contributed by atoms with Gasteiger partial charge in [-0.15, -0.1) is 0 Å². The van der Waals surface area contributed by atoms with Crippen LogP contribution in [0.1, 0.15) is 58.9 Å². The van der Waals surface area contributed by atoms with E-state index in [9.17, 15) is 24.3 Å². The SMILES string of the molecule is CCOC(=O)[C@H](C)C[C@@H](Cc1ccc(-c2ccccc2)cc1)NC(=O)CCC(=O)N[C@H](C(=O)O)[C@@H](C)CC. The monoisotopic (exact) mass is 524 g/mol. The molecule has 0 fully saturated rings. The van der Waals surface area contributed by atoms with Gasteiger partial charge in [0.15, 0.2) is 0 Å². The van der Waals surface area contributed by atoms with E-state index < -0.39 is 23.8 Å². The van der Waals surface area contributed by atoms with Crippen LogP contribution < -0.4 is 10.6 Å². The van der Waals surface area contributed by atoms with E-state index in [1.165, 1.54) is 0 Å². The molecule has 0 saturated carbocycles. The highest BCUT2D eigenvalue weighted by Crippen LogP contribution is 2.21. The van der Waals surface area contributed by atoms with Crippen molar-refractivity contribution in [2.45, 2.75) is 71.9 Å². The van der Waals surface area contributed by atoms with Gasteiger partial charge in [0.25, 0.3) is 0 Å². The fourth-order valence-electron chi connectivity index (χ4n) is 4.20. The molecule has 4 atom stereocenters. The van der Waals surface area contributed by atoms with Crippen LogP contribution in [-0.4, -0.2) is 47.6 Å². The Kier molecular flexibility index (Phi) is 12.5. The van der Waals surface area contributed by atoms with Gasteiger partial charge in [0.05, 0.1) is 12.5 Å². The van der Waals surface area contributed by atoms with Gasteiger partial charge in [-0.2, -0.15) is 0 Å². The van der Waals surface area contributed by atoms with E-state index in [4.69, 9.17) is 4.74 Å². The van der Waals surface area contributed by atoms with Crippen molar-refractivity contribution >= 4 is 23.8 Å². The van der Waals surface area contributed by atoms with E-state index in [2.05, 4.69) is 10.6 Å². The topological polar surface area (TPSA) is 122 Å². The van der Waals surface area contributed by atoms with Crippen LogP contribution in [0.2, 0.25) is 0 Å². The van der Waals surface area contributed by atoms with Crippen LogP contribution in [0, 0.1) is 11.8 Å². The Balaban J connectivity index is 2.03. The van der Waals surface area contributed by atoms with Crippen molar-refractivity contribution in [3.63, 3.8) is 0 Å². The number of carbonyl (C=O) groups is 4. The number of benzene rings is 2. The standard InChI is InChI=1S/C30H40N2O6/c1-5-20(3)28(29(35)36)32-27(34)17-16-26(33)31-25(18-21(4)30(37)38-6-2)19-22-12-14-24(15-13-22)23-10-8-7-9-11-23/h7-15,20-21,25,28H,5-6,16-19H2,1-4H3,(H,31,33)(H,32,34)(H,35,36)/t20-,21+,25-,28-/m0/s1. The smallest absolute Gasteiger partial charge is 0.326 e. The third kappa shape index (κ3) is 10.00. The molecule has 2 rings (SSSR count). The summed E-state index contributed by atoms with van der Waals surface area (Å²) < 4.78 is 5.14. The maximum absolute atomic E-state index is 12.8. The number of hydrogen-bond acceptors (Lipinski definition) is 5. The number of aliphatic carboxylic acids is 1. The number of carboxylic acids is 1. The molecule has 0 bridgehead atoms. The number of ether oxygens (including phenoxy) is 1. The Hall–Kier alpha value is -3.68. The van der Waals surface area contributed by atoms with Crippen LogP contribution in [0.4, 0.5) is 0 Å². The highest BCUT2D eigenvalue weighted by atomic mass is 16.5. The zero-order valence-electron chi connectivity index (χ0n) is 22.7. The highest BCUT2D eigenvalue weighted by molar-refractivity contribution is 5.87. The molecule has 0 aromatic heterocycles. The number of amides is 2. The van der Waals surface area contributed by atoms with Crippen molar-refractivity contribution in [2.24, 2.45) is 11.8 Å². The maximum atomic E-state index is 12.8. The summed E-state index contributed by atoms with van der Waals surface area (Å²) >= 11 is 0. The fourth-order valence-corrected chi connectivity index (χ4v) is 4.20. The molecule has 0 saturated heterocycles. The van der Waals surface area contributed by atoms with Crippen LogP contribution in [0.5, 0.6) is 0 Å². The predicted molar refractivity (Wildman–Crippen MR) is 146 cm³/mol. The lowest BCUT2D eigenvalue weighted by atomic mass is 9.94. The number of carbonyl (C=O) groups excluding carboxylic acids is 3. The lowest BCUT2D eigenvalue weighted by Gasteiger charge is -2.22. The zero-order valence-corrected chi connectivity index (χ0v) is 22.7. The van der Waals surface area contributed by atoms with Gasteiger partial charge in [-0.1, -0.05) is 81.8 Å². The molecule has 0 aliphatic carbocycles. The quantitative estimate of drug-likeness (QED) is 0.298. The van der Waals surface area contributed by atoms with Gasteiger partial charge in [-0.3, -0.25) is 14.4 Å². The Morgan fingerprint density at radius 1 is 0.842 bits per heavy atom. The first kappa shape index (κ1) is 30.5. The molecule has 0 spiro atoms. The van der Waals surface area contributed by atoms with Crippen molar-refractivity contribution in [1.29, 1.82) is 0 Å². The highest BCUT2D eigenvalue weighted by Gasteiger charge is 2.26. The first-order valence-corrected chi connectivity index (χ1v) is 13.3. The molecule has 3 N–H and O–H groups in total. The van der Waals surface area contributed by atoms with Crippen LogP contribution in [0.15, 0.2) is 54.6 Å². The number of carboxylic acid groups (broad SMARTS) is 1.